The van der Waals surface area contributed by atoms with Crippen LogP contribution in [0.1, 0.15) is 28.6 Å². The monoisotopic (exact) mass is 426 g/mol. The van der Waals surface area contributed by atoms with Gasteiger partial charge >= 0.3 is 5.97 Å². The molecule has 0 aliphatic heterocycles. The fourth-order valence-electron chi connectivity index (χ4n) is 3.03. The van der Waals surface area contributed by atoms with E-state index in [0.717, 1.165) is 32.5 Å². The largest absolute Gasteiger partial charge is 0.467 e. The van der Waals surface area contributed by atoms with Gasteiger partial charge in [0.2, 0.25) is 0 Å². The van der Waals surface area contributed by atoms with Gasteiger partial charge in [-0.2, -0.15) is 0 Å². The first-order valence-electron chi connectivity index (χ1n) is 9.21. The molecule has 4 rings (SSSR count). The average molecular weight is 427 g/mol. The van der Waals surface area contributed by atoms with Crippen molar-refractivity contribution in [3.63, 3.8) is 0 Å². The van der Waals surface area contributed by atoms with E-state index in [1.54, 1.807) is 37.1 Å². The first-order valence-corrected chi connectivity index (χ1v) is 10.6. The summed E-state index contributed by atoms with van der Waals surface area (Å²) in [6.45, 7) is 2.67. The van der Waals surface area contributed by atoms with Crippen molar-refractivity contribution in [2.45, 2.75) is 24.4 Å². The van der Waals surface area contributed by atoms with Crippen LogP contribution >= 0.6 is 23.4 Å². The summed E-state index contributed by atoms with van der Waals surface area (Å²) in [6, 6.07) is 17.0. The zero-order chi connectivity index (χ0) is 20.2. The van der Waals surface area contributed by atoms with Crippen molar-refractivity contribution >= 4 is 40.4 Å². The molecule has 0 bridgehead atoms. The smallest absolute Gasteiger partial charge is 0.338 e. The molecule has 2 aromatic carbocycles. The molecule has 0 atom stereocenters. The standard InChI is InChI=1S/C22H19ClN2O3S/c1-2-27-21(26)15-9-10-20-19(12-15)24-22(25(20)13-17-7-5-11-28-17)29-14-16-6-3-4-8-18(16)23/h3-12H,2,13-14H2,1H3. The number of thioether (sulfide) groups is 1. The number of nitrogens with zero attached hydrogens (tertiary/aromatic N) is 2. The van der Waals surface area contributed by atoms with Crippen LogP contribution in [-0.4, -0.2) is 22.1 Å². The lowest BCUT2D eigenvalue weighted by Crippen LogP contribution is -2.04. The number of carbonyl (C=O) groups excluding carboxylic acids is 1. The number of hydrogen-bond acceptors (Lipinski definition) is 5. The molecule has 0 fully saturated rings. The van der Waals surface area contributed by atoms with Gasteiger partial charge in [-0.3, -0.25) is 0 Å². The minimum Gasteiger partial charge on any atom is -0.467 e. The maximum Gasteiger partial charge on any atom is 0.338 e. The molecule has 5 nitrogen and oxygen atoms in total. The molecule has 2 aromatic heterocycles. The van der Waals surface area contributed by atoms with Crippen LogP contribution in [0.5, 0.6) is 0 Å². The summed E-state index contributed by atoms with van der Waals surface area (Å²) >= 11 is 7.90. The highest BCUT2D eigenvalue weighted by atomic mass is 35.5. The first kappa shape index (κ1) is 19.6. The Morgan fingerprint density at radius 2 is 2.07 bits per heavy atom. The fraction of sp³-hybridized carbons (Fsp3) is 0.182. The third-order valence-electron chi connectivity index (χ3n) is 4.43. The number of carbonyl (C=O) groups is 1. The molecule has 4 aromatic rings. The third-order valence-corrected chi connectivity index (χ3v) is 5.83. The highest BCUT2D eigenvalue weighted by Crippen LogP contribution is 2.30. The number of esters is 1. The minimum absolute atomic E-state index is 0.336. The summed E-state index contributed by atoms with van der Waals surface area (Å²) in [5.74, 6) is 1.17. The van der Waals surface area contributed by atoms with Gasteiger partial charge in [0.25, 0.3) is 0 Å². The number of benzene rings is 2. The predicted molar refractivity (Wildman–Crippen MR) is 115 cm³/mol. The average Bonchev–Trinajstić information content (AvgIpc) is 3.35. The number of hydrogen-bond donors (Lipinski definition) is 0. The number of furan rings is 1. The van der Waals surface area contributed by atoms with Crippen LogP contribution in [0.25, 0.3) is 11.0 Å². The quantitative estimate of drug-likeness (QED) is 0.276. The van der Waals surface area contributed by atoms with Crippen LogP contribution in [0, 0.1) is 0 Å². The molecule has 0 radical (unpaired) electrons. The van der Waals surface area contributed by atoms with Crippen molar-refractivity contribution in [3.8, 4) is 0 Å². The van der Waals surface area contributed by atoms with Crippen molar-refractivity contribution in [1.82, 2.24) is 9.55 Å². The molecule has 2 heterocycles. The van der Waals surface area contributed by atoms with Crippen molar-refractivity contribution in [2.24, 2.45) is 0 Å². The van der Waals surface area contributed by atoms with E-state index in [0.29, 0.717) is 24.5 Å². The van der Waals surface area contributed by atoms with Crippen LogP contribution in [-0.2, 0) is 17.0 Å². The van der Waals surface area contributed by atoms with Crippen molar-refractivity contribution in [3.05, 3.63) is 82.8 Å². The van der Waals surface area contributed by atoms with Gasteiger partial charge in [-0.05, 0) is 48.9 Å². The number of imidazole rings is 1. The van der Waals surface area contributed by atoms with Gasteiger partial charge in [-0.15, -0.1) is 0 Å². The molecule has 148 valence electrons. The van der Waals surface area contributed by atoms with E-state index in [4.69, 9.17) is 25.7 Å². The van der Waals surface area contributed by atoms with Crippen LogP contribution in [0.2, 0.25) is 5.02 Å². The Balaban J connectivity index is 1.70. The van der Waals surface area contributed by atoms with Gasteiger partial charge in [0.05, 0.1) is 36.0 Å². The molecular formula is C22H19ClN2O3S. The van der Waals surface area contributed by atoms with E-state index in [1.807, 2.05) is 42.5 Å². The number of aromatic nitrogens is 2. The Morgan fingerprint density at radius 3 is 2.83 bits per heavy atom. The molecule has 0 aliphatic rings. The molecule has 29 heavy (non-hydrogen) atoms. The highest BCUT2D eigenvalue weighted by Gasteiger charge is 2.16. The Hall–Kier alpha value is -2.70. The summed E-state index contributed by atoms with van der Waals surface area (Å²) in [5, 5.41) is 1.57. The van der Waals surface area contributed by atoms with Crippen molar-refractivity contribution in [2.75, 3.05) is 6.61 Å². The zero-order valence-corrected chi connectivity index (χ0v) is 17.4. The Bertz CT molecular complexity index is 1140. The summed E-state index contributed by atoms with van der Waals surface area (Å²) in [6.07, 6.45) is 1.66. The van der Waals surface area contributed by atoms with Crippen molar-refractivity contribution < 1.29 is 13.9 Å². The van der Waals surface area contributed by atoms with E-state index >= 15 is 0 Å². The molecule has 0 N–H and O–H groups in total. The summed E-state index contributed by atoms with van der Waals surface area (Å²) < 4.78 is 12.7. The summed E-state index contributed by atoms with van der Waals surface area (Å²) in [7, 11) is 0. The number of ether oxygens (including phenoxy) is 1. The van der Waals surface area contributed by atoms with Gasteiger partial charge in [0, 0.05) is 10.8 Å². The fourth-order valence-corrected chi connectivity index (χ4v) is 4.33. The molecule has 0 spiro atoms. The van der Waals surface area contributed by atoms with Gasteiger partial charge in [-0.1, -0.05) is 41.6 Å². The van der Waals surface area contributed by atoms with Crippen LogP contribution in [0.15, 0.2) is 70.4 Å². The van der Waals surface area contributed by atoms with E-state index in [9.17, 15) is 4.79 Å². The SMILES string of the molecule is CCOC(=O)c1ccc2c(c1)nc(SCc1ccccc1Cl)n2Cc1ccco1. The first-order chi connectivity index (χ1) is 14.2. The molecule has 7 heteroatoms. The lowest BCUT2D eigenvalue weighted by Gasteiger charge is -2.08. The lowest BCUT2D eigenvalue weighted by molar-refractivity contribution is 0.0526. The second-order valence-electron chi connectivity index (χ2n) is 6.36. The van der Waals surface area contributed by atoms with Gasteiger partial charge in [0.1, 0.15) is 5.76 Å². The molecular weight excluding hydrogens is 408 g/mol. The van der Waals surface area contributed by atoms with Crippen LogP contribution in [0.3, 0.4) is 0 Å². The minimum atomic E-state index is -0.347. The van der Waals surface area contributed by atoms with Crippen LogP contribution < -0.4 is 0 Å². The topological polar surface area (TPSA) is 57.3 Å². The van der Waals surface area contributed by atoms with E-state index in [2.05, 4.69) is 4.57 Å². The third kappa shape index (κ3) is 4.33. The maximum absolute atomic E-state index is 12.1. The second kappa shape index (κ2) is 8.76. The van der Waals surface area contributed by atoms with E-state index < -0.39 is 0 Å². The Labute approximate surface area is 177 Å². The highest BCUT2D eigenvalue weighted by molar-refractivity contribution is 7.98. The van der Waals surface area contributed by atoms with Gasteiger partial charge in [-0.25, -0.2) is 9.78 Å². The van der Waals surface area contributed by atoms with Crippen molar-refractivity contribution in [1.29, 1.82) is 0 Å². The molecule has 0 unspecified atom stereocenters. The molecule has 0 amide bonds. The summed E-state index contributed by atoms with van der Waals surface area (Å²) in [5.41, 5.74) is 3.20. The second-order valence-corrected chi connectivity index (χ2v) is 7.71. The maximum atomic E-state index is 12.1. The normalized spacial score (nSPS) is 11.1. The zero-order valence-electron chi connectivity index (χ0n) is 15.8. The Kier molecular flexibility index (Phi) is 5.92. The van der Waals surface area contributed by atoms with E-state index in [-0.39, 0.29) is 5.97 Å². The summed E-state index contributed by atoms with van der Waals surface area (Å²) in [4.78, 5) is 16.9. The molecule has 0 saturated heterocycles. The molecule has 0 aliphatic carbocycles. The van der Waals surface area contributed by atoms with Gasteiger partial charge in [0.15, 0.2) is 5.16 Å². The van der Waals surface area contributed by atoms with Gasteiger partial charge < -0.3 is 13.7 Å². The molecule has 0 saturated carbocycles. The van der Waals surface area contributed by atoms with E-state index in [1.165, 1.54) is 0 Å². The number of rotatable bonds is 7. The Morgan fingerprint density at radius 1 is 1.21 bits per heavy atom. The number of halogens is 1. The predicted octanol–water partition coefficient (Wildman–Crippen LogP) is 5.80. The van der Waals surface area contributed by atoms with Crippen LogP contribution in [0.4, 0.5) is 0 Å². The lowest BCUT2D eigenvalue weighted by atomic mass is 10.2. The number of fused-ring (bicyclic) bond motifs is 1.